The highest BCUT2D eigenvalue weighted by atomic mass is 32.2. The molecule has 0 aliphatic heterocycles. The van der Waals surface area contributed by atoms with Gasteiger partial charge in [0.25, 0.3) is 0 Å². The van der Waals surface area contributed by atoms with E-state index in [0.717, 1.165) is 37.9 Å². The van der Waals surface area contributed by atoms with Gasteiger partial charge in [-0.2, -0.15) is 0 Å². The van der Waals surface area contributed by atoms with Crippen LogP contribution < -0.4 is 10.0 Å². The third-order valence-corrected chi connectivity index (χ3v) is 5.11. The van der Waals surface area contributed by atoms with Crippen LogP contribution >= 0.6 is 0 Å². The van der Waals surface area contributed by atoms with Crippen LogP contribution in [0.2, 0.25) is 0 Å². The van der Waals surface area contributed by atoms with Crippen molar-refractivity contribution in [3.63, 3.8) is 0 Å². The average molecular weight is 312 g/mol. The predicted octanol–water partition coefficient (Wildman–Crippen LogP) is 1.95. The van der Waals surface area contributed by atoms with Gasteiger partial charge in [0.2, 0.25) is 10.0 Å². The topological polar surface area (TPSA) is 78.4 Å². The number of rotatable bonds is 9. The molecular formula is C15H24N2O3S. The summed E-state index contributed by atoms with van der Waals surface area (Å²) in [6, 6.07) is 6.96. The molecule has 1 aliphatic carbocycles. The second kappa shape index (κ2) is 7.24. The second-order valence-electron chi connectivity index (χ2n) is 5.78. The van der Waals surface area contributed by atoms with E-state index in [0.29, 0.717) is 10.8 Å². The quantitative estimate of drug-likeness (QED) is 0.609. The summed E-state index contributed by atoms with van der Waals surface area (Å²) in [4.78, 5) is 0.314. The van der Waals surface area contributed by atoms with Crippen LogP contribution in [0, 0.1) is 5.92 Å². The zero-order chi connectivity index (χ0) is 15.3. The minimum Gasteiger partial charge on any atom is -0.396 e. The van der Waals surface area contributed by atoms with E-state index < -0.39 is 10.0 Å². The first-order valence-electron chi connectivity index (χ1n) is 7.48. The molecule has 1 aliphatic rings. The highest BCUT2D eigenvalue weighted by Crippen LogP contribution is 2.22. The third-order valence-electron chi connectivity index (χ3n) is 3.58. The maximum atomic E-state index is 12.0. The lowest BCUT2D eigenvalue weighted by Crippen LogP contribution is -2.25. The van der Waals surface area contributed by atoms with Crippen LogP contribution in [0.25, 0.3) is 0 Å². The van der Waals surface area contributed by atoms with Crippen LogP contribution in [-0.4, -0.2) is 32.7 Å². The van der Waals surface area contributed by atoms with Crippen molar-refractivity contribution in [3.8, 4) is 0 Å². The molecule has 5 nitrogen and oxygen atoms in total. The van der Waals surface area contributed by atoms with Crippen molar-refractivity contribution >= 4 is 15.7 Å². The zero-order valence-corrected chi connectivity index (χ0v) is 13.2. The van der Waals surface area contributed by atoms with Gasteiger partial charge in [-0.05, 0) is 55.9 Å². The highest BCUT2D eigenvalue weighted by Gasteiger charge is 2.27. The van der Waals surface area contributed by atoms with Gasteiger partial charge >= 0.3 is 0 Å². The Morgan fingerprint density at radius 3 is 2.52 bits per heavy atom. The molecule has 0 heterocycles. The minimum absolute atomic E-state index is 0.126. The summed E-state index contributed by atoms with van der Waals surface area (Å²) in [5, 5.41) is 12.2. The highest BCUT2D eigenvalue weighted by molar-refractivity contribution is 7.89. The van der Waals surface area contributed by atoms with Gasteiger partial charge in [-0.15, -0.1) is 0 Å². The maximum Gasteiger partial charge on any atom is 0.240 e. The van der Waals surface area contributed by atoms with Gasteiger partial charge in [-0.3, -0.25) is 0 Å². The fourth-order valence-corrected chi connectivity index (χ4v) is 3.32. The summed E-state index contributed by atoms with van der Waals surface area (Å²) in [7, 11) is -3.36. The van der Waals surface area contributed by atoms with E-state index in [2.05, 4.69) is 10.0 Å². The Bertz CT molecular complexity index is 539. The van der Waals surface area contributed by atoms with Crippen molar-refractivity contribution in [2.24, 2.45) is 5.92 Å². The number of anilines is 1. The Hall–Kier alpha value is -1.11. The normalized spacial score (nSPS) is 16.7. The van der Waals surface area contributed by atoms with E-state index in [4.69, 9.17) is 5.11 Å². The fraction of sp³-hybridized carbons (Fsp3) is 0.600. The van der Waals surface area contributed by atoms with Crippen LogP contribution in [0.15, 0.2) is 29.2 Å². The molecule has 2 rings (SSSR count). The average Bonchev–Trinajstić information content (AvgIpc) is 3.27. The Balaban J connectivity index is 1.81. The Kier molecular flexibility index (Phi) is 5.61. The van der Waals surface area contributed by atoms with Crippen LogP contribution in [0.1, 0.15) is 32.6 Å². The summed E-state index contributed by atoms with van der Waals surface area (Å²) >= 11 is 0. The van der Waals surface area contributed by atoms with E-state index in [1.165, 1.54) is 0 Å². The summed E-state index contributed by atoms with van der Waals surface area (Å²) < 4.78 is 26.7. The van der Waals surface area contributed by atoms with E-state index >= 15 is 0 Å². The lowest BCUT2D eigenvalue weighted by Gasteiger charge is -2.10. The summed E-state index contributed by atoms with van der Waals surface area (Å²) in [5.74, 6) is 0.327. The number of hydrogen-bond donors (Lipinski definition) is 3. The van der Waals surface area contributed by atoms with E-state index in [1.807, 2.05) is 6.92 Å². The van der Waals surface area contributed by atoms with Crippen LogP contribution in [0.4, 0.5) is 5.69 Å². The van der Waals surface area contributed by atoms with E-state index in [-0.39, 0.29) is 12.6 Å². The first kappa shape index (κ1) is 16.3. The van der Waals surface area contributed by atoms with Gasteiger partial charge in [0.05, 0.1) is 4.90 Å². The fourth-order valence-electron chi connectivity index (χ4n) is 2.02. The van der Waals surface area contributed by atoms with Gasteiger partial charge in [0.15, 0.2) is 0 Å². The van der Waals surface area contributed by atoms with E-state index in [1.54, 1.807) is 24.3 Å². The van der Waals surface area contributed by atoms with Gasteiger partial charge < -0.3 is 10.4 Å². The molecular weight excluding hydrogens is 288 g/mol. The SMILES string of the molecule is CC(CO)CCCNc1ccc(S(=O)(=O)NC2CC2)cc1. The molecule has 21 heavy (non-hydrogen) atoms. The number of hydrogen-bond acceptors (Lipinski definition) is 4. The van der Waals surface area contributed by atoms with Crippen molar-refractivity contribution < 1.29 is 13.5 Å². The Morgan fingerprint density at radius 2 is 1.95 bits per heavy atom. The minimum atomic E-state index is -3.36. The van der Waals surface area contributed by atoms with E-state index in [9.17, 15) is 8.42 Å². The first-order valence-corrected chi connectivity index (χ1v) is 8.96. The molecule has 0 bridgehead atoms. The number of aliphatic hydroxyl groups excluding tert-OH is 1. The maximum absolute atomic E-state index is 12.0. The monoisotopic (exact) mass is 312 g/mol. The second-order valence-corrected chi connectivity index (χ2v) is 7.49. The molecule has 6 heteroatoms. The largest absolute Gasteiger partial charge is 0.396 e. The number of nitrogens with one attached hydrogen (secondary N) is 2. The molecule has 0 saturated heterocycles. The van der Waals surface area contributed by atoms with Crippen LogP contribution in [0.3, 0.4) is 0 Å². The molecule has 1 atom stereocenters. The summed E-state index contributed by atoms with van der Waals surface area (Å²) in [6.07, 6.45) is 3.82. The van der Waals surface area contributed by atoms with Crippen LogP contribution in [0.5, 0.6) is 0 Å². The Labute approximate surface area is 126 Å². The molecule has 1 aromatic rings. The molecule has 0 amide bonds. The van der Waals surface area contributed by atoms with Gasteiger partial charge in [-0.25, -0.2) is 13.1 Å². The number of benzene rings is 1. The molecule has 0 spiro atoms. The van der Waals surface area contributed by atoms with Gasteiger partial charge in [-0.1, -0.05) is 6.92 Å². The molecule has 118 valence electrons. The molecule has 0 aromatic heterocycles. The molecule has 0 radical (unpaired) electrons. The molecule has 1 aromatic carbocycles. The predicted molar refractivity (Wildman–Crippen MR) is 83.8 cm³/mol. The Morgan fingerprint density at radius 1 is 1.29 bits per heavy atom. The summed E-state index contributed by atoms with van der Waals surface area (Å²) in [5.41, 5.74) is 0.914. The zero-order valence-electron chi connectivity index (χ0n) is 12.4. The third kappa shape index (κ3) is 5.30. The standard InChI is InChI=1S/C15H24N2O3S/c1-12(11-18)3-2-10-16-13-6-8-15(9-7-13)21(19,20)17-14-4-5-14/h6-9,12,14,16-18H,2-5,10-11H2,1H3. The molecule has 1 fully saturated rings. The van der Waals surface area contributed by atoms with Crippen molar-refractivity contribution in [2.75, 3.05) is 18.5 Å². The van der Waals surface area contributed by atoms with Crippen molar-refractivity contribution in [1.29, 1.82) is 0 Å². The van der Waals surface area contributed by atoms with Crippen LogP contribution in [-0.2, 0) is 10.0 Å². The molecule has 1 saturated carbocycles. The molecule has 1 unspecified atom stereocenters. The van der Waals surface area contributed by atoms with Crippen molar-refractivity contribution in [1.82, 2.24) is 4.72 Å². The molecule has 3 N–H and O–H groups in total. The number of sulfonamides is 1. The smallest absolute Gasteiger partial charge is 0.240 e. The lowest BCUT2D eigenvalue weighted by molar-refractivity contribution is 0.229. The number of aliphatic hydroxyl groups is 1. The van der Waals surface area contributed by atoms with Gasteiger partial charge in [0, 0.05) is 24.9 Å². The van der Waals surface area contributed by atoms with Crippen molar-refractivity contribution in [3.05, 3.63) is 24.3 Å². The van der Waals surface area contributed by atoms with Crippen molar-refractivity contribution in [2.45, 2.75) is 43.5 Å². The lowest BCUT2D eigenvalue weighted by atomic mass is 10.1. The first-order chi connectivity index (χ1) is 10.0. The summed E-state index contributed by atoms with van der Waals surface area (Å²) in [6.45, 7) is 3.06. The van der Waals surface area contributed by atoms with Gasteiger partial charge in [0.1, 0.15) is 0 Å².